The third kappa shape index (κ3) is 4.72. The first-order valence-electron chi connectivity index (χ1n) is 15.0. The highest BCUT2D eigenvalue weighted by molar-refractivity contribution is 5.87. The third-order valence-corrected chi connectivity index (χ3v) is 9.75. The second kappa shape index (κ2) is 10.2. The van der Waals surface area contributed by atoms with E-state index in [1.165, 1.54) is 51.4 Å². The summed E-state index contributed by atoms with van der Waals surface area (Å²) in [6.45, 7) is 7.04. The molecule has 4 heterocycles. The molecule has 3 atom stereocenters. The first-order chi connectivity index (χ1) is 19.0. The number of nitrogens with one attached hydrogen (secondary N) is 2. The van der Waals surface area contributed by atoms with E-state index in [9.17, 15) is 4.79 Å². The fourth-order valence-corrected chi connectivity index (χ4v) is 7.16. The standard InChI is InChI=1S/C28H40N8O3/c1-16-9-11-18(12-10-16)15-36-22-23(29-17(2)19-5-3-6-19)30-25(26-33-34-28(37)39-26)31-24(22)32-27(36)35-13-14-38-21-8-4-7-20(21)35/h16-21H,3-15H2,1-2H3,(H,34,37)(H,29,30,31)/t16?,17-,18?,20?,21?/m1/s1. The molecule has 0 radical (unpaired) electrons. The second-order valence-electron chi connectivity index (χ2n) is 12.4. The highest BCUT2D eigenvalue weighted by atomic mass is 16.5. The molecule has 0 bridgehead atoms. The Kier molecular flexibility index (Phi) is 6.57. The Morgan fingerprint density at radius 2 is 1.87 bits per heavy atom. The number of ether oxygens (including phenoxy) is 1. The number of fused-ring (bicyclic) bond motifs is 2. The maximum Gasteiger partial charge on any atom is 0.434 e. The summed E-state index contributed by atoms with van der Waals surface area (Å²) in [6.07, 6.45) is 12.4. The molecule has 39 heavy (non-hydrogen) atoms. The van der Waals surface area contributed by atoms with Crippen molar-refractivity contribution in [2.45, 2.75) is 103 Å². The Hall–Kier alpha value is -2.95. The van der Waals surface area contributed by atoms with Crippen LogP contribution in [0.3, 0.4) is 0 Å². The molecule has 0 spiro atoms. The summed E-state index contributed by atoms with van der Waals surface area (Å²) >= 11 is 0. The summed E-state index contributed by atoms with van der Waals surface area (Å²) in [5.74, 6) is 3.47. The van der Waals surface area contributed by atoms with Gasteiger partial charge in [0.05, 0.1) is 18.8 Å². The molecule has 1 aliphatic heterocycles. The van der Waals surface area contributed by atoms with Crippen molar-refractivity contribution in [1.82, 2.24) is 29.7 Å². The van der Waals surface area contributed by atoms with Gasteiger partial charge in [-0.3, -0.25) is 0 Å². The van der Waals surface area contributed by atoms with E-state index in [1.807, 2.05) is 0 Å². The molecule has 3 aliphatic carbocycles. The van der Waals surface area contributed by atoms with Crippen molar-refractivity contribution in [2.75, 3.05) is 23.4 Å². The van der Waals surface area contributed by atoms with E-state index in [0.717, 1.165) is 49.1 Å². The fourth-order valence-electron chi connectivity index (χ4n) is 7.16. The van der Waals surface area contributed by atoms with E-state index in [4.69, 9.17) is 24.1 Å². The highest BCUT2D eigenvalue weighted by Gasteiger charge is 2.39. The zero-order valence-corrected chi connectivity index (χ0v) is 23.1. The Balaban J connectivity index is 1.36. The summed E-state index contributed by atoms with van der Waals surface area (Å²) in [7, 11) is 0. The van der Waals surface area contributed by atoms with Crippen LogP contribution in [-0.4, -0.2) is 61.1 Å². The molecule has 3 saturated carbocycles. The first-order valence-corrected chi connectivity index (χ1v) is 15.0. The molecule has 2 N–H and O–H groups in total. The monoisotopic (exact) mass is 536 g/mol. The minimum atomic E-state index is -0.621. The molecule has 1 saturated heterocycles. The minimum Gasteiger partial charge on any atom is -0.384 e. The van der Waals surface area contributed by atoms with Gasteiger partial charge in [0.25, 0.3) is 5.89 Å². The summed E-state index contributed by atoms with van der Waals surface area (Å²) in [4.78, 5) is 29.2. The molecule has 210 valence electrons. The van der Waals surface area contributed by atoms with E-state index in [0.29, 0.717) is 30.1 Å². The molecule has 3 aromatic heterocycles. The number of anilines is 2. The zero-order valence-electron chi connectivity index (χ0n) is 23.1. The lowest BCUT2D eigenvalue weighted by Gasteiger charge is -2.39. The average Bonchev–Trinajstić information content (AvgIpc) is 3.63. The number of aromatic amines is 1. The van der Waals surface area contributed by atoms with Gasteiger partial charge in [-0.05, 0) is 69.6 Å². The number of nitrogens with zero attached hydrogens (tertiary/aromatic N) is 6. The fraction of sp³-hybridized carbons (Fsp3) is 0.750. The largest absolute Gasteiger partial charge is 0.434 e. The van der Waals surface area contributed by atoms with Gasteiger partial charge in [-0.15, -0.1) is 5.10 Å². The quantitative estimate of drug-likeness (QED) is 0.453. The number of aromatic nitrogens is 6. The first kappa shape index (κ1) is 25.0. The summed E-state index contributed by atoms with van der Waals surface area (Å²) in [5.41, 5.74) is 1.56. The maximum absolute atomic E-state index is 11.7. The van der Waals surface area contributed by atoms with Gasteiger partial charge in [-0.2, -0.15) is 4.98 Å². The SMILES string of the molecule is CC1CCC(Cn2c(N3CCOC4CCCC43)nc3nc(-c4n[nH]c(=O)o4)nc(N[C@H](C)C4CCC4)c32)CC1. The van der Waals surface area contributed by atoms with Gasteiger partial charge in [-0.1, -0.05) is 26.2 Å². The van der Waals surface area contributed by atoms with Gasteiger partial charge in [0.1, 0.15) is 5.52 Å². The van der Waals surface area contributed by atoms with Crippen molar-refractivity contribution in [1.29, 1.82) is 0 Å². The lowest BCUT2D eigenvalue weighted by Crippen LogP contribution is -2.49. The van der Waals surface area contributed by atoms with E-state index >= 15 is 0 Å². The van der Waals surface area contributed by atoms with Gasteiger partial charge in [-0.25, -0.2) is 19.9 Å². The van der Waals surface area contributed by atoms with Crippen LogP contribution in [0.5, 0.6) is 0 Å². The molecule has 4 aliphatic rings. The molecular formula is C28H40N8O3. The number of morpholine rings is 1. The van der Waals surface area contributed by atoms with Crippen molar-refractivity contribution in [3.05, 3.63) is 10.6 Å². The second-order valence-corrected chi connectivity index (χ2v) is 12.4. The Morgan fingerprint density at radius 3 is 2.62 bits per heavy atom. The van der Waals surface area contributed by atoms with Crippen LogP contribution in [0.1, 0.15) is 78.1 Å². The van der Waals surface area contributed by atoms with Crippen LogP contribution in [0.25, 0.3) is 22.9 Å². The molecule has 11 nitrogen and oxygen atoms in total. The highest BCUT2D eigenvalue weighted by Crippen LogP contribution is 2.39. The molecule has 7 rings (SSSR count). The lowest BCUT2D eigenvalue weighted by molar-refractivity contribution is 0.0247. The molecule has 11 heteroatoms. The van der Waals surface area contributed by atoms with Crippen molar-refractivity contribution in [3.63, 3.8) is 0 Å². The molecule has 0 aromatic carbocycles. The van der Waals surface area contributed by atoms with Crippen LogP contribution < -0.4 is 16.0 Å². The van der Waals surface area contributed by atoms with Gasteiger partial charge < -0.3 is 23.9 Å². The predicted molar refractivity (Wildman–Crippen MR) is 148 cm³/mol. The van der Waals surface area contributed by atoms with Gasteiger partial charge in [0.2, 0.25) is 11.8 Å². The number of hydrogen-bond acceptors (Lipinski definition) is 9. The number of rotatable bonds is 7. The van der Waals surface area contributed by atoms with Crippen molar-refractivity contribution in [3.8, 4) is 11.7 Å². The lowest BCUT2D eigenvalue weighted by atomic mass is 9.80. The van der Waals surface area contributed by atoms with Crippen LogP contribution >= 0.6 is 0 Å². The van der Waals surface area contributed by atoms with E-state index in [-0.39, 0.29) is 23.9 Å². The Labute approximate surface area is 228 Å². The minimum absolute atomic E-state index is 0.0841. The maximum atomic E-state index is 11.7. The van der Waals surface area contributed by atoms with Crippen molar-refractivity contribution in [2.24, 2.45) is 17.8 Å². The van der Waals surface area contributed by atoms with E-state index in [1.54, 1.807) is 0 Å². The van der Waals surface area contributed by atoms with E-state index < -0.39 is 5.76 Å². The van der Waals surface area contributed by atoms with Crippen LogP contribution in [0.4, 0.5) is 11.8 Å². The normalized spacial score (nSPS) is 28.4. The topological polar surface area (TPSA) is 127 Å². The van der Waals surface area contributed by atoms with Crippen LogP contribution in [0, 0.1) is 17.8 Å². The van der Waals surface area contributed by atoms with E-state index in [2.05, 4.69) is 38.8 Å². The Bertz CT molecular complexity index is 1370. The molecule has 3 aromatic rings. The van der Waals surface area contributed by atoms with Crippen molar-refractivity contribution >= 4 is 22.9 Å². The summed E-state index contributed by atoms with van der Waals surface area (Å²) in [5, 5.41) is 10.1. The smallest absolute Gasteiger partial charge is 0.384 e. The predicted octanol–water partition coefficient (Wildman–Crippen LogP) is 4.35. The summed E-state index contributed by atoms with van der Waals surface area (Å²) in [6, 6.07) is 0.601. The van der Waals surface area contributed by atoms with Gasteiger partial charge >= 0.3 is 5.76 Å². The zero-order chi connectivity index (χ0) is 26.5. The molecular weight excluding hydrogens is 496 g/mol. The van der Waals surface area contributed by atoms with Gasteiger partial charge in [0.15, 0.2) is 11.5 Å². The van der Waals surface area contributed by atoms with Gasteiger partial charge in [0, 0.05) is 19.1 Å². The van der Waals surface area contributed by atoms with Crippen LogP contribution in [0.15, 0.2) is 9.21 Å². The molecule has 0 amide bonds. The molecule has 2 unspecified atom stereocenters. The number of H-pyrrole nitrogens is 1. The van der Waals surface area contributed by atoms with Crippen LogP contribution in [-0.2, 0) is 11.3 Å². The van der Waals surface area contributed by atoms with Crippen LogP contribution in [0.2, 0.25) is 0 Å². The Morgan fingerprint density at radius 1 is 1.05 bits per heavy atom. The average molecular weight is 537 g/mol. The third-order valence-electron chi connectivity index (χ3n) is 9.75. The number of hydrogen-bond donors (Lipinski definition) is 2. The summed E-state index contributed by atoms with van der Waals surface area (Å²) < 4.78 is 13.8. The molecule has 4 fully saturated rings. The number of imidazole rings is 1. The van der Waals surface area contributed by atoms with Crippen molar-refractivity contribution < 1.29 is 9.15 Å².